The van der Waals surface area contributed by atoms with Gasteiger partial charge in [-0.15, -0.1) is 0 Å². The number of aryl methyl sites for hydroxylation is 2. The Morgan fingerprint density at radius 2 is 1.48 bits per heavy atom. The van der Waals surface area contributed by atoms with E-state index in [1.165, 1.54) is 36.9 Å². The normalized spacial score (nSPS) is 11.5. The summed E-state index contributed by atoms with van der Waals surface area (Å²) >= 11 is 0. The molecular weight excluding hydrogens is 376 g/mol. The summed E-state index contributed by atoms with van der Waals surface area (Å²) in [5.74, 6) is 0. The number of hydrogen-bond donors (Lipinski definition) is 1. The molecule has 1 N–H and O–H groups in total. The van der Waals surface area contributed by atoms with Crippen LogP contribution in [0.2, 0.25) is 0 Å². The minimum Gasteiger partial charge on any atom is -0.305 e. The molecule has 27 heavy (non-hydrogen) atoms. The Morgan fingerprint density at radius 3 is 2.04 bits per heavy atom. The molecule has 0 saturated carbocycles. The van der Waals surface area contributed by atoms with Gasteiger partial charge in [-0.05, 0) is 30.3 Å². The number of sulfonamides is 1. The fourth-order valence-electron chi connectivity index (χ4n) is 2.61. The minimum absolute atomic E-state index is 0.150. The quantitative estimate of drug-likeness (QED) is 0.400. The minimum atomic E-state index is -3.99. The number of anilines is 1. The molecule has 0 saturated heterocycles. The molecule has 0 radical (unpaired) electrons. The van der Waals surface area contributed by atoms with Gasteiger partial charge in [0.05, 0.1) is 26.5 Å². The maximum atomic E-state index is 12.5. The van der Waals surface area contributed by atoms with Crippen molar-refractivity contribution in [3.63, 3.8) is 0 Å². The Hall–Kier alpha value is -3.47. The van der Waals surface area contributed by atoms with E-state index in [0.29, 0.717) is 11.0 Å². The maximum absolute atomic E-state index is 12.5. The van der Waals surface area contributed by atoms with Crippen LogP contribution in [0.5, 0.6) is 0 Å². The molecule has 0 bridgehead atoms. The van der Waals surface area contributed by atoms with Gasteiger partial charge in [0.2, 0.25) is 0 Å². The predicted octanol–water partition coefficient (Wildman–Crippen LogP) is 0.946. The number of non-ortho nitro benzene ring substituents is 1. The molecule has 3 rings (SSSR count). The average Bonchev–Trinajstić information content (AvgIpc) is 2.64. The number of nitrogens with zero attached hydrogens (tertiary/aromatic N) is 3. The number of nitrogens with one attached hydrogen (secondary N) is 1. The smallest absolute Gasteiger partial charge is 0.305 e. The van der Waals surface area contributed by atoms with E-state index < -0.39 is 26.1 Å². The topological polar surface area (TPSA) is 133 Å². The first kappa shape index (κ1) is 18.3. The highest BCUT2D eigenvalue weighted by molar-refractivity contribution is 7.92. The van der Waals surface area contributed by atoms with Crippen molar-refractivity contribution in [3.8, 4) is 0 Å². The Labute approximate surface area is 152 Å². The highest BCUT2D eigenvalue weighted by atomic mass is 32.2. The van der Waals surface area contributed by atoms with Crippen molar-refractivity contribution in [2.24, 2.45) is 14.1 Å². The first-order valence-electron chi connectivity index (χ1n) is 7.59. The largest absolute Gasteiger partial charge is 0.316 e. The number of nitro benzene ring substituents is 1. The Kier molecular flexibility index (Phi) is 4.31. The predicted molar refractivity (Wildman–Crippen MR) is 98.3 cm³/mol. The van der Waals surface area contributed by atoms with Crippen molar-refractivity contribution in [2.45, 2.75) is 4.90 Å². The first-order valence-corrected chi connectivity index (χ1v) is 9.07. The van der Waals surface area contributed by atoms with Crippen molar-refractivity contribution < 1.29 is 13.3 Å². The van der Waals surface area contributed by atoms with Crippen LogP contribution < -0.4 is 15.8 Å². The highest BCUT2D eigenvalue weighted by Crippen LogP contribution is 2.21. The van der Waals surface area contributed by atoms with Gasteiger partial charge in [0.25, 0.3) is 15.7 Å². The standard InChI is InChI=1S/C16H14N4O6S/c1-18-13-8-3-10(9-14(13)19(2)16(22)15(18)21)17-27(25,26)12-6-4-11(5-7-12)20(23)24/h3-9,17H,1-2H3. The molecule has 0 atom stereocenters. The van der Waals surface area contributed by atoms with Crippen molar-refractivity contribution in [2.75, 3.05) is 4.72 Å². The molecule has 0 aliphatic rings. The summed E-state index contributed by atoms with van der Waals surface area (Å²) in [6.45, 7) is 0. The molecule has 1 heterocycles. The number of nitro groups is 1. The van der Waals surface area contributed by atoms with Crippen LogP contribution in [0.3, 0.4) is 0 Å². The van der Waals surface area contributed by atoms with Crippen LogP contribution in [-0.2, 0) is 24.1 Å². The highest BCUT2D eigenvalue weighted by Gasteiger charge is 2.17. The van der Waals surface area contributed by atoms with Crippen LogP contribution in [0.15, 0.2) is 56.9 Å². The Balaban J connectivity index is 2.04. The summed E-state index contributed by atoms with van der Waals surface area (Å²) in [4.78, 5) is 33.7. The number of rotatable bonds is 4. The van der Waals surface area contributed by atoms with Crippen LogP contribution in [0.4, 0.5) is 11.4 Å². The Morgan fingerprint density at radius 1 is 0.926 bits per heavy atom. The molecule has 3 aromatic rings. The number of aromatic nitrogens is 2. The number of benzene rings is 2. The average molecular weight is 390 g/mol. The lowest BCUT2D eigenvalue weighted by Crippen LogP contribution is -2.39. The van der Waals surface area contributed by atoms with Gasteiger partial charge in [0, 0.05) is 26.2 Å². The summed E-state index contributed by atoms with van der Waals surface area (Å²) in [7, 11) is -1.13. The van der Waals surface area contributed by atoms with Crippen molar-refractivity contribution >= 4 is 32.4 Å². The van der Waals surface area contributed by atoms with Gasteiger partial charge in [-0.2, -0.15) is 0 Å². The van der Waals surface area contributed by atoms with E-state index in [1.807, 2.05) is 0 Å². The third-order valence-electron chi connectivity index (χ3n) is 4.10. The van der Waals surface area contributed by atoms with Gasteiger partial charge in [-0.3, -0.25) is 24.4 Å². The fourth-order valence-corrected chi connectivity index (χ4v) is 3.66. The van der Waals surface area contributed by atoms with Crippen LogP contribution in [0.1, 0.15) is 0 Å². The second-order valence-corrected chi connectivity index (χ2v) is 7.47. The molecule has 0 unspecified atom stereocenters. The van der Waals surface area contributed by atoms with Gasteiger partial charge in [0.1, 0.15) is 0 Å². The second kappa shape index (κ2) is 6.36. The lowest BCUT2D eigenvalue weighted by Gasteiger charge is -2.12. The molecule has 1 aromatic heterocycles. The fraction of sp³-hybridized carbons (Fsp3) is 0.125. The summed E-state index contributed by atoms with van der Waals surface area (Å²) in [5, 5.41) is 10.7. The third kappa shape index (κ3) is 3.19. The molecule has 2 aromatic carbocycles. The summed E-state index contributed by atoms with van der Waals surface area (Å²) in [6.07, 6.45) is 0. The van der Waals surface area contributed by atoms with Gasteiger partial charge < -0.3 is 9.13 Å². The number of hydrogen-bond acceptors (Lipinski definition) is 6. The maximum Gasteiger partial charge on any atom is 0.316 e. The molecule has 140 valence electrons. The zero-order valence-corrected chi connectivity index (χ0v) is 15.1. The van der Waals surface area contributed by atoms with Gasteiger partial charge in [0.15, 0.2) is 0 Å². The summed E-state index contributed by atoms with van der Waals surface area (Å²) in [6, 6.07) is 8.84. The Bertz CT molecular complexity index is 1290. The van der Waals surface area contributed by atoms with Gasteiger partial charge in [-0.25, -0.2) is 8.42 Å². The molecule has 0 spiro atoms. The van der Waals surface area contributed by atoms with Crippen molar-refractivity contribution in [3.05, 3.63) is 73.3 Å². The van der Waals surface area contributed by atoms with E-state index in [0.717, 1.165) is 28.8 Å². The molecule has 0 aliphatic carbocycles. The van der Waals surface area contributed by atoms with E-state index in [2.05, 4.69) is 4.72 Å². The molecule has 0 fully saturated rings. The van der Waals surface area contributed by atoms with Crippen LogP contribution >= 0.6 is 0 Å². The first-order chi connectivity index (χ1) is 12.6. The monoisotopic (exact) mass is 390 g/mol. The van der Waals surface area contributed by atoms with Crippen LogP contribution in [0.25, 0.3) is 11.0 Å². The molecular formula is C16H14N4O6S. The molecule has 10 nitrogen and oxygen atoms in total. The zero-order valence-electron chi connectivity index (χ0n) is 14.2. The molecule has 0 amide bonds. The van der Waals surface area contributed by atoms with Crippen LogP contribution in [-0.4, -0.2) is 22.5 Å². The van der Waals surface area contributed by atoms with E-state index in [1.54, 1.807) is 0 Å². The van der Waals surface area contributed by atoms with Crippen molar-refractivity contribution in [1.82, 2.24) is 9.13 Å². The lowest BCUT2D eigenvalue weighted by atomic mass is 10.2. The van der Waals surface area contributed by atoms with E-state index in [4.69, 9.17) is 0 Å². The van der Waals surface area contributed by atoms with E-state index in [9.17, 15) is 28.1 Å². The van der Waals surface area contributed by atoms with Crippen LogP contribution in [0, 0.1) is 10.1 Å². The number of fused-ring (bicyclic) bond motifs is 1. The van der Waals surface area contributed by atoms with E-state index >= 15 is 0 Å². The molecule has 11 heteroatoms. The van der Waals surface area contributed by atoms with Gasteiger partial charge in [-0.1, -0.05) is 0 Å². The summed E-state index contributed by atoms with van der Waals surface area (Å²) in [5.41, 5.74) is -0.652. The second-order valence-electron chi connectivity index (χ2n) is 5.79. The van der Waals surface area contributed by atoms with Gasteiger partial charge >= 0.3 is 11.1 Å². The molecule has 0 aliphatic heterocycles. The van der Waals surface area contributed by atoms with Crippen molar-refractivity contribution in [1.29, 1.82) is 0 Å². The SMILES string of the molecule is Cn1c(=O)c(=O)n(C)c2cc(NS(=O)(=O)c3ccc([N+](=O)[O-])cc3)ccc21. The van der Waals surface area contributed by atoms with E-state index in [-0.39, 0.29) is 16.3 Å². The lowest BCUT2D eigenvalue weighted by molar-refractivity contribution is -0.384. The summed E-state index contributed by atoms with van der Waals surface area (Å²) < 4.78 is 29.7. The zero-order chi connectivity index (χ0) is 19.9. The third-order valence-corrected chi connectivity index (χ3v) is 5.50.